The maximum Gasteiger partial charge on any atom is 0.270 e. The van der Waals surface area contributed by atoms with Crippen LogP contribution in [0.1, 0.15) is 50.2 Å². The average Bonchev–Trinajstić information content (AvgIpc) is 2.60. The van der Waals surface area contributed by atoms with Crippen LogP contribution in [0.4, 0.5) is 5.95 Å². The van der Waals surface area contributed by atoms with Crippen LogP contribution in [0, 0.1) is 5.92 Å². The molecule has 0 unspecified atom stereocenters. The molecule has 0 bridgehead atoms. The van der Waals surface area contributed by atoms with Gasteiger partial charge in [-0.25, -0.2) is 9.97 Å². The zero-order valence-corrected chi connectivity index (χ0v) is 15.6. The Bertz CT molecular complexity index is 670. The van der Waals surface area contributed by atoms with Gasteiger partial charge in [-0.15, -0.1) is 0 Å². The van der Waals surface area contributed by atoms with Gasteiger partial charge in [0.25, 0.3) is 5.91 Å². The molecule has 1 heterocycles. The Hall–Kier alpha value is -2.43. The average molecular weight is 340 g/mol. The number of hydrogen-bond donors (Lipinski definition) is 1. The molecule has 134 valence electrons. The maximum atomic E-state index is 12.3. The van der Waals surface area contributed by atoms with Gasteiger partial charge in [0.05, 0.1) is 0 Å². The second-order valence-corrected chi connectivity index (χ2v) is 6.89. The van der Waals surface area contributed by atoms with E-state index in [1.807, 2.05) is 18.2 Å². The Labute approximate surface area is 150 Å². The first-order chi connectivity index (χ1) is 12.0. The smallest absolute Gasteiger partial charge is 0.270 e. The fourth-order valence-corrected chi connectivity index (χ4v) is 2.44. The molecule has 0 saturated carbocycles. The third-order valence-corrected chi connectivity index (χ3v) is 3.96. The molecule has 1 aromatic heterocycles. The summed E-state index contributed by atoms with van der Waals surface area (Å²) in [5.41, 5.74) is 1.60. The van der Waals surface area contributed by atoms with Crippen LogP contribution in [-0.4, -0.2) is 28.5 Å². The van der Waals surface area contributed by atoms with Gasteiger partial charge < -0.3 is 10.2 Å². The van der Waals surface area contributed by atoms with Crippen molar-refractivity contribution in [1.29, 1.82) is 0 Å². The zero-order chi connectivity index (χ0) is 18.2. The number of carbonyl (C=O) groups excluding carboxylic acids is 1. The van der Waals surface area contributed by atoms with Crippen molar-refractivity contribution in [3.63, 3.8) is 0 Å². The van der Waals surface area contributed by atoms with E-state index in [0.717, 1.165) is 6.42 Å². The number of anilines is 1. The van der Waals surface area contributed by atoms with E-state index in [1.54, 1.807) is 12.3 Å². The summed E-state index contributed by atoms with van der Waals surface area (Å²) in [6.45, 7) is 9.84. The Kier molecular flexibility index (Phi) is 6.92. The second kappa shape index (κ2) is 9.16. The molecule has 2 aromatic rings. The first-order valence-electron chi connectivity index (χ1n) is 8.89. The van der Waals surface area contributed by atoms with Crippen molar-refractivity contribution in [2.45, 2.75) is 46.7 Å². The van der Waals surface area contributed by atoms with Crippen LogP contribution in [0.25, 0.3) is 0 Å². The number of benzene rings is 1. The summed E-state index contributed by atoms with van der Waals surface area (Å²) in [6, 6.07) is 12.1. The normalized spacial score (nSPS) is 11.0. The van der Waals surface area contributed by atoms with Crippen LogP contribution >= 0.6 is 0 Å². The van der Waals surface area contributed by atoms with Gasteiger partial charge in [-0.05, 0) is 37.8 Å². The number of amides is 1. The van der Waals surface area contributed by atoms with Crippen LogP contribution in [-0.2, 0) is 6.54 Å². The third-order valence-electron chi connectivity index (χ3n) is 3.96. The van der Waals surface area contributed by atoms with Gasteiger partial charge in [0.1, 0.15) is 5.69 Å². The number of rotatable bonds is 8. The molecule has 0 saturated heterocycles. The predicted octanol–water partition coefficient (Wildman–Crippen LogP) is 3.67. The summed E-state index contributed by atoms with van der Waals surface area (Å²) in [4.78, 5) is 23.3. The summed E-state index contributed by atoms with van der Waals surface area (Å²) in [5.74, 6) is 0.992. The number of nitrogens with zero attached hydrogens (tertiary/aromatic N) is 3. The number of aromatic nitrogens is 2. The van der Waals surface area contributed by atoms with Crippen LogP contribution in [0.15, 0.2) is 42.6 Å². The molecule has 0 radical (unpaired) electrons. The molecule has 1 N–H and O–H groups in total. The highest BCUT2D eigenvalue weighted by atomic mass is 16.1. The summed E-state index contributed by atoms with van der Waals surface area (Å²) >= 11 is 0. The Morgan fingerprint density at radius 1 is 1.12 bits per heavy atom. The van der Waals surface area contributed by atoms with Crippen LogP contribution in [0.3, 0.4) is 0 Å². The van der Waals surface area contributed by atoms with Crippen molar-refractivity contribution in [1.82, 2.24) is 15.3 Å². The van der Waals surface area contributed by atoms with E-state index in [9.17, 15) is 4.79 Å². The van der Waals surface area contributed by atoms with E-state index < -0.39 is 0 Å². The molecule has 0 fully saturated rings. The van der Waals surface area contributed by atoms with Crippen LogP contribution in [0.2, 0.25) is 0 Å². The summed E-state index contributed by atoms with van der Waals surface area (Å²) < 4.78 is 0. The third kappa shape index (κ3) is 5.85. The Balaban J connectivity index is 2.12. The molecule has 0 spiro atoms. The Morgan fingerprint density at radius 2 is 1.84 bits per heavy atom. The summed E-state index contributed by atoms with van der Waals surface area (Å²) in [5, 5.41) is 2.93. The van der Waals surface area contributed by atoms with Gasteiger partial charge in [-0.3, -0.25) is 4.79 Å². The number of hydrogen-bond acceptors (Lipinski definition) is 4. The maximum absolute atomic E-state index is 12.3. The molecule has 0 aliphatic carbocycles. The number of nitrogens with one attached hydrogen (secondary N) is 1. The first-order valence-corrected chi connectivity index (χ1v) is 8.89. The highest BCUT2D eigenvalue weighted by Crippen LogP contribution is 2.16. The van der Waals surface area contributed by atoms with Crippen LogP contribution in [0.5, 0.6) is 0 Å². The van der Waals surface area contributed by atoms with Gasteiger partial charge >= 0.3 is 0 Å². The Morgan fingerprint density at radius 3 is 2.48 bits per heavy atom. The fraction of sp³-hybridized carbons (Fsp3) is 0.450. The van der Waals surface area contributed by atoms with Gasteiger partial charge in [0.15, 0.2) is 0 Å². The molecule has 0 aliphatic heterocycles. The lowest BCUT2D eigenvalue weighted by Crippen LogP contribution is -2.33. The second-order valence-electron chi connectivity index (χ2n) is 6.89. The van der Waals surface area contributed by atoms with Crippen molar-refractivity contribution in [2.75, 3.05) is 11.4 Å². The number of carbonyl (C=O) groups is 1. The quantitative estimate of drug-likeness (QED) is 0.796. The molecule has 1 aromatic carbocycles. The van der Waals surface area contributed by atoms with E-state index in [-0.39, 0.29) is 11.9 Å². The van der Waals surface area contributed by atoms with E-state index in [0.29, 0.717) is 30.6 Å². The van der Waals surface area contributed by atoms with Gasteiger partial charge in [0.2, 0.25) is 5.95 Å². The molecule has 2 rings (SSSR count). The van der Waals surface area contributed by atoms with Crippen molar-refractivity contribution in [3.05, 3.63) is 53.9 Å². The van der Waals surface area contributed by atoms with Crippen molar-refractivity contribution >= 4 is 11.9 Å². The van der Waals surface area contributed by atoms with E-state index in [1.165, 1.54) is 5.56 Å². The van der Waals surface area contributed by atoms with E-state index in [2.05, 4.69) is 60.0 Å². The highest BCUT2D eigenvalue weighted by Gasteiger charge is 2.16. The van der Waals surface area contributed by atoms with Gasteiger partial charge in [-0.1, -0.05) is 44.2 Å². The van der Waals surface area contributed by atoms with E-state index >= 15 is 0 Å². The summed E-state index contributed by atoms with van der Waals surface area (Å²) in [7, 11) is 0. The minimum absolute atomic E-state index is 0.146. The lowest BCUT2D eigenvalue weighted by molar-refractivity contribution is 0.0947. The first kappa shape index (κ1) is 18.9. The molecular formula is C20H28N4O. The zero-order valence-electron chi connectivity index (χ0n) is 15.6. The van der Waals surface area contributed by atoms with Crippen molar-refractivity contribution in [2.24, 2.45) is 5.92 Å². The minimum atomic E-state index is -0.146. The molecule has 1 amide bonds. The summed E-state index contributed by atoms with van der Waals surface area (Å²) in [6.07, 6.45) is 2.61. The van der Waals surface area contributed by atoms with Crippen molar-refractivity contribution < 1.29 is 4.79 Å². The monoisotopic (exact) mass is 340 g/mol. The predicted molar refractivity (Wildman–Crippen MR) is 102 cm³/mol. The van der Waals surface area contributed by atoms with Crippen molar-refractivity contribution in [3.8, 4) is 0 Å². The fourth-order valence-electron chi connectivity index (χ4n) is 2.44. The van der Waals surface area contributed by atoms with E-state index in [4.69, 9.17) is 0 Å². The molecule has 25 heavy (non-hydrogen) atoms. The molecule has 0 atom stereocenters. The SMILES string of the molecule is CC(C)CCNC(=O)c1ccnc(N(Cc2ccccc2)C(C)C)n1. The lowest BCUT2D eigenvalue weighted by Gasteiger charge is -2.27. The largest absolute Gasteiger partial charge is 0.351 e. The lowest BCUT2D eigenvalue weighted by atomic mass is 10.1. The van der Waals surface area contributed by atoms with Crippen LogP contribution < -0.4 is 10.2 Å². The molecule has 0 aliphatic rings. The minimum Gasteiger partial charge on any atom is -0.351 e. The van der Waals surface area contributed by atoms with Gasteiger partial charge in [-0.2, -0.15) is 0 Å². The standard InChI is InChI=1S/C20H28N4O/c1-15(2)10-12-21-19(25)18-11-13-22-20(23-18)24(16(3)4)14-17-8-6-5-7-9-17/h5-9,11,13,15-16H,10,12,14H2,1-4H3,(H,21,25). The molecule has 5 nitrogen and oxygen atoms in total. The topological polar surface area (TPSA) is 58.1 Å². The molecule has 5 heteroatoms. The highest BCUT2D eigenvalue weighted by molar-refractivity contribution is 5.92. The molecular weight excluding hydrogens is 312 g/mol. The van der Waals surface area contributed by atoms with Gasteiger partial charge in [0, 0.05) is 25.3 Å².